The number of hydrogen-bond acceptors (Lipinski definition) is 4. The summed E-state index contributed by atoms with van der Waals surface area (Å²) < 4.78 is 4.93. The van der Waals surface area contributed by atoms with Crippen molar-refractivity contribution in [2.75, 3.05) is 13.7 Å². The Morgan fingerprint density at radius 1 is 1.60 bits per heavy atom. The van der Waals surface area contributed by atoms with Crippen molar-refractivity contribution < 1.29 is 9.66 Å². The fraction of sp³-hybridized carbons (Fsp3) is 0.400. The largest absolute Gasteiger partial charge is 0.490 e. The van der Waals surface area contributed by atoms with Crippen LogP contribution in [0.15, 0.2) is 18.2 Å². The average Bonchev–Trinajstić information content (AvgIpc) is 2.15. The second-order valence-corrected chi connectivity index (χ2v) is 3.48. The highest BCUT2D eigenvalue weighted by Crippen LogP contribution is 2.32. The SMILES string of the molecule is COc1ccc([C@H]2CCN2)cc1[N+](=O)[O-]. The Kier molecular flexibility index (Phi) is 2.55. The highest BCUT2D eigenvalue weighted by Gasteiger charge is 2.22. The van der Waals surface area contributed by atoms with E-state index < -0.39 is 4.92 Å². The van der Waals surface area contributed by atoms with Gasteiger partial charge in [0, 0.05) is 12.1 Å². The van der Waals surface area contributed by atoms with Gasteiger partial charge in [0.05, 0.1) is 12.0 Å². The van der Waals surface area contributed by atoms with Gasteiger partial charge in [-0.3, -0.25) is 10.1 Å². The van der Waals surface area contributed by atoms with Gasteiger partial charge in [0.2, 0.25) is 0 Å². The predicted molar refractivity (Wildman–Crippen MR) is 55.0 cm³/mol. The van der Waals surface area contributed by atoms with Crippen LogP contribution in [0.5, 0.6) is 5.75 Å². The summed E-state index contributed by atoms with van der Waals surface area (Å²) in [6.07, 6.45) is 1.03. The first kappa shape index (κ1) is 9.92. The van der Waals surface area contributed by atoms with E-state index in [1.165, 1.54) is 7.11 Å². The summed E-state index contributed by atoms with van der Waals surface area (Å²) in [5.74, 6) is 0.308. The summed E-state index contributed by atoms with van der Waals surface area (Å²) in [4.78, 5) is 10.4. The Morgan fingerprint density at radius 2 is 2.33 bits per heavy atom. The lowest BCUT2D eigenvalue weighted by Gasteiger charge is -2.27. The number of nitrogens with one attached hydrogen (secondary N) is 1. The smallest absolute Gasteiger partial charge is 0.311 e. The van der Waals surface area contributed by atoms with Gasteiger partial charge in [0.15, 0.2) is 5.75 Å². The van der Waals surface area contributed by atoms with Gasteiger partial charge in [0.25, 0.3) is 0 Å². The topological polar surface area (TPSA) is 64.4 Å². The molecule has 5 nitrogen and oxygen atoms in total. The van der Waals surface area contributed by atoms with E-state index in [2.05, 4.69) is 5.32 Å². The van der Waals surface area contributed by atoms with Crippen molar-refractivity contribution in [3.8, 4) is 5.75 Å². The number of ether oxygens (including phenoxy) is 1. The number of benzene rings is 1. The minimum Gasteiger partial charge on any atom is -0.490 e. The molecule has 0 saturated carbocycles. The maximum absolute atomic E-state index is 10.8. The van der Waals surface area contributed by atoms with Crippen molar-refractivity contribution in [2.45, 2.75) is 12.5 Å². The molecule has 0 radical (unpaired) electrons. The van der Waals surface area contributed by atoms with Crippen molar-refractivity contribution in [2.24, 2.45) is 0 Å². The quantitative estimate of drug-likeness (QED) is 0.605. The van der Waals surface area contributed by atoms with Crippen LogP contribution >= 0.6 is 0 Å². The van der Waals surface area contributed by atoms with Crippen LogP contribution in [0.1, 0.15) is 18.0 Å². The van der Waals surface area contributed by atoms with Gasteiger partial charge >= 0.3 is 5.69 Å². The molecule has 2 rings (SSSR count). The second kappa shape index (κ2) is 3.86. The monoisotopic (exact) mass is 208 g/mol. The van der Waals surface area contributed by atoms with Crippen LogP contribution in [0.3, 0.4) is 0 Å². The molecule has 80 valence electrons. The lowest BCUT2D eigenvalue weighted by Crippen LogP contribution is -2.34. The van der Waals surface area contributed by atoms with Crippen molar-refractivity contribution in [1.82, 2.24) is 5.32 Å². The Hall–Kier alpha value is -1.62. The Balaban J connectivity index is 2.35. The van der Waals surface area contributed by atoms with E-state index in [4.69, 9.17) is 4.74 Å². The zero-order chi connectivity index (χ0) is 10.8. The van der Waals surface area contributed by atoms with Crippen LogP contribution in [0, 0.1) is 10.1 Å². The molecule has 0 aromatic heterocycles. The van der Waals surface area contributed by atoms with Crippen molar-refractivity contribution in [3.63, 3.8) is 0 Å². The lowest BCUT2D eigenvalue weighted by atomic mass is 9.97. The van der Waals surface area contributed by atoms with Gasteiger partial charge in [-0.2, -0.15) is 0 Å². The first-order chi connectivity index (χ1) is 7.22. The summed E-state index contributed by atoms with van der Waals surface area (Å²) in [5.41, 5.74) is 0.984. The van der Waals surface area contributed by atoms with Crippen molar-refractivity contribution in [1.29, 1.82) is 0 Å². The fourth-order valence-corrected chi connectivity index (χ4v) is 1.64. The molecular weight excluding hydrogens is 196 g/mol. The van der Waals surface area contributed by atoms with E-state index in [0.717, 1.165) is 18.5 Å². The standard InChI is InChI=1S/C10H12N2O3/c1-15-10-3-2-7(8-4-5-11-8)6-9(10)12(13)14/h2-3,6,8,11H,4-5H2,1H3/t8-/m1/s1. The molecule has 15 heavy (non-hydrogen) atoms. The van der Waals surface area contributed by atoms with Crippen molar-refractivity contribution >= 4 is 5.69 Å². The van der Waals surface area contributed by atoms with Gasteiger partial charge in [-0.1, -0.05) is 6.07 Å². The van der Waals surface area contributed by atoms with Crippen molar-refractivity contribution in [3.05, 3.63) is 33.9 Å². The van der Waals surface area contributed by atoms with E-state index in [-0.39, 0.29) is 11.7 Å². The van der Waals surface area contributed by atoms with Crippen LogP contribution in [-0.2, 0) is 0 Å². The molecular formula is C10H12N2O3. The molecule has 1 saturated heterocycles. The third-order valence-electron chi connectivity index (χ3n) is 2.63. The molecule has 1 aromatic rings. The van der Waals surface area contributed by atoms with Gasteiger partial charge in [-0.05, 0) is 24.6 Å². The third kappa shape index (κ3) is 1.78. The highest BCUT2D eigenvalue weighted by atomic mass is 16.6. The summed E-state index contributed by atoms with van der Waals surface area (Å²) in [7, 11) is 1.43. The summed E-state index contributed by atoms with van der Waals surface area (Å²) in [6.45, 7) is 0.977. The van der Waals surface area contributed by atoms with Crippen LogP contribution in [0.2, 0.25) is 0 Å². The molecule has 5 heteroatoms. The van der Waals surface area contributed by atoms with E-state index in [1.54, 1.807) is 12.1 Å². The first-order valence-electron chi connectivity index (χ1n) is 4.78. The van der Waals surface area contributed by atoms with E-state index in [1.807, 2.05) is 6.07 Å². The number of nitro groups is 1. The molecule has 0 spiro atoms. The molecule has 1 aromatic carbocycles. The number of methoxy groups -OCH3 is 1. The summed E-state index contributed by atoms with van der Waals surface area (Å²) in [6, 6.07) is 5.35. The normalized spacial score (nSPS) is 19.4. The summed E-state index contributed by atoms with van der Waals surface area (Å²) in [5, 5.41) is 14.0. The molecule has 1 aliphatic heterocycles. The molecule has 1 aliphatic rings. The predicted octanol–water partition coefficient (Wildman–Crippen LogP) is 1.64. The molecule has 1 heterocycles. The number of nitro benzene ring substituents is 1. The van der Waals surface area contributed by atoms with E-state index >= 15 is 0 Å². The molecule has 1 atom stereocenters. The Labute approximate surface area is 87.2 Å². The van der Waals surface area contributed by atoms with Crippen LogP contribution < -0.4 is 10.1 Å². The molecule has 1 N–H and O–H groups in total. The third-order valence-corrected chi connectivity index (χ3v) is 2.63. The first-order valence-corrected chi connectivity index (χ1v) is 4.78. The molecule has 0 unspecified atom stereocenters. The second-order valence-electron chi connectivity index (χ2n) is 3.48. The minimum absolute atomic E-state index is 0.0312. The minimum atomic E-state index is -0.416. The maximum Gasteiger partial charge on any atom is 0.311 e. The maximum atomic E-state index is 10.8. The molecule has 0 bridgehead atoms. The number of rotatable bonds is 3. The van der Waals surface area contributed by atoms with Gasteiger partial charge in [-0.15, -0.1) is 0 Å². The average molecular weight is 208 g/mol. The van der Waals surface area contributed by atoms with Crippen LogP contribution in [0.4, 0.5) is 5.69 Å². The lowest BCUT2D eigenvalue weighted by molar-refractivity contribution is -0.385. The van der Waals surface area contributed by atoms with Crippen LogP contribution in [0.25, 0.3) is 0 Å². The van der Waals surface area contributed by atoms with Gasteiger partial charge in [0.1, 0.15) is 0 Å². The zero-order valence-electron chi connectivity index (χ0n) is 8.40. The number of nitrogens with zero attached hydrogens (tertiary/aromatic N) is 1. The van der Waals surface area contributed by atoms with E-state index in [0.29, 0.717) is 5.75 Å². The zero-order valence-corrected chi connectivity index (χ0v) is 8.40. The number of hydrogen-bond donors (Lipinski definition) is 1. The van der Waals surface area contributed by atoms with Gasteiger partial charge in [-0.25, -0.2) is 0 Å². The Morgan fingerprint density at radius 3 is 2.80 bits per heavy atom. The van der Waals surface area contributed by atoms with Gasteiger partial charge < -0.3 is 10.1 Å². The highest BCUT2D eigenvalue weighted by molar-refractivity contribution is 5.49. The Bertz CT molecular complexity index is 388. The fourth-order valence-electron chi connectivity index (χ4n) is 1.64. The van der Waals surface area contributed by atoms with Crippen LogP contribution in [-0.4, -0.2) is 18.6 Å². The summed E-state index contributed by atoms with van der Waals surface area (Å²) >= 11 is 0. The van der Waals surface area contributed by atoms with E-state index in [9.17, 15) is 10.1 Å². The molecule has 0 amide bonds. The molecule has 1 fully saturated rings. The molecule has 0 aliphatic carbocycles.